The number of carbonyl (C=O) groups excluding carboxylic acids is 1. The molecule has 0 saturated carbocycles. The summed E-state index contributed by atoms with van der Waals surface area (Å²) in [5.74, 6) is 0.378. The summed E-state index contributed by atoms with van der Waals surface area (Å²) in [6.45, 7) is 1.35. The molecule has 24 heavy (non-hydrogen) atoms. The van der Waals surface area contributed by atoms with Crippen LogP contribution in [0.4, 0.5) is 17.2 Å². The molecule has 7 nitrogen and oxygen atoms in total. The van der Waals surface area contributed by atoms with Gasteiger partial charge in [-0.2, -0.15) is 0 Å². The first-order valence-corrected chi connectivity index (χ1v) is 7.75. The minimum atomic E-state index is -0.216. The average Bonchev–Trinajstić information content (AvgIpc) is 2.55. The maximum atomic E-state index is 11.9. The first-order chi connectivity index (χ1) is 11.5. The average molecular weight is 328 g/mol. The van der Waals surface area contributed by atoms with Gasteiger partial charge in [-0.25, -0.2) is 9.97 Å². The normalized spacial score (nSPS) is 10.5. The SMILES string of the molecule is CN(C)CCNC(=O)c1cnc(Nc2ccc(N(C)C)cc2)cn1. The van der Waals surface area contributed by atoms with E-state index < -0.39 is 0 Å². The van der Waals surface area contributed by atoms with Crippen LogP contribution in [0.15, 0.2) is 36.7 Å². The number of benzene rings is 1. The molecule has 1 aromatic carbocycles. The molecule has 1 heterocycles. The summed E-state index contributed by atoms with van der Waals surface area (Å²) >= 11 is 0. The first kappa shape index (κ1) is 17.7. The number of carbonyl (C=O) groups is 1. The molecule has 1 aromatic heterocycles. The summed E-state index contributed by atoms with van der Waals surface area (Å²) in [6, 6.07) is 7.97. The molecule has 2 N–H and O–H groups in total. The second-order valence-corrected chi connectivity index (χ2v) is 5.91. The summed E-state index contributed by atoms with van der Waals surface area (Å²) < 4.78 is 0. The molecule has 0 bridgehead atoms. The molecule has 0 radical (unpaired) electrons. The van der Waals surface area contributed by atoms with Crippen molar-refractivity contribution in [3.8, 4) is 0 Å². The Labute approximate surface area is 142 Å². The molecule has 128 valence electrons. The Morgan fingerprint density at radius 3 is 2.29 bits per heavy atom. The topological polar surface area (TPSA) is 73.4 Å². The number of aromatic nitrogens is 2. The Bertz CT molecular complexity index is 652. The molecule has 0 aliphatic carbocycles. The summed E-state index contributed by atoms with van der Waals surface area (Å²) in [4.78, 5) is 24.4. The van der Waals surface area contributed by atoms with Crippen LogP contribution >= 0.6 is 0 Å². The predicted octanol–water partition coefficient (Wildman–Crippen LogP) is 1.58. The molecule has 0 aliphatic heterocycles. The smallest absolute Gasteiger partial charge is 0.271 e. The van der Waals surface area contributed by atoms with E-state index in [-0.39, 0.29) is 5.91 Å². The van der Waals surface area contributed by atoms with Crippen LogP contribution in [0.2, 0.25) is 0 Å². The largest absolute Gasteiger partial charge is 0.378 e. The molecule has 1 amide bonds. The molecular weight excluding hydrogens is 304 g/mol. The van der Waals surface area contributed by atoms with Crippen LogP contribution in [0, 0.1) is 0 Å². The molecule has 2 rings (SSSR count). The number of likely N-dealkylation sites (N-methyl/N-ethyl adjacent to an activating group) is 1. The number of rotatable bonds is 7. The fourth-order valence-electron chi connectivity index (χ4n) is 1.98. The third kappa shape index (κ3) is 5.20. The molecule has 0 unspecified atom stereocenters. The van der Waals surface area contributed by atoms with Crippen molar-refractivity contribution in [2.45, 2.75) is 0 Å². The van der Waals surface area contributed by atoms with E-state index in [0.29, 0.717) is 18.1 Å². The standard InChI is InChI=1S/C17H24N6O/c1-22(2)10-9-18-17(24)15-11-20-16(12-19-15)21-13-5-7-14(8-6-13)23(3)4/h5-8,11-12H,9-10H2,1-4H3,(H,18,24)(H,20,21). The van der Waals surface area contributed by atoms with E-state index in [1.54, 1.807) is 6.20 Å². The zero-order chi connectivity index (χ0) is 17.5. The van der Waals surface area contributed by atoms with Crippen LogP contribution < -0.4 is 15.5 Å². The second-order valence-electron chi connectivity index (χ2n) is 5.91. The van der Waals surface area contributed by atoms with Crippen LogP contribution in [-0.2, 0) is 0 Å². The van der Waals surface area contributed by atoms with Crippen molar-refractivity contribution in [2.75, 3.05) is 51.5 Å². The van der Waals surface area contributed by atoms with Gasteiger partial charge in [0.05, 0.1) is 12.4 Å². The van der Waals surface area contributed by atoms with Crippen molar-refractivity contribution < 1.29 is 4.79 Å². The van der Waals surface area contributed by atoms with E-state index >= 15 is 0 Å². The van der Waals surface area contributed by atoms with Gasteiger partial charge in [-0.15, -0.1) is 0 Å². The number of hydrogen-bond donors (Lipinski definition) is 2. The predicted molar refractivity (Wildman–Crippen MR) is 97.0 cm³/mol. The van der Waals surface area contributed by atoms with Gasteiger partial charge in [-0.1, -0.05) is 0 Å². The van der Waals surface area contributed by atoms with Crippen molar-refractivity contribution in [3.63, 3.8) is 0 Å². The number of nitrogens with one attached hydrogen (secondary N) is 2. The van der Waals surface area contributed by atoms with Crippen molar-refractivity contribution in [1.82, 2.24) is 20.2 Å². The fraction of sp³-hybridized carbons (Fsp3) is 0.353. The zero-order valence-corrected chi connectivity index (χ0v) is 14.6. The summed E-state index contributed by atoms with van der Waals surface area (Å²) in [7, 11) is 7.90. The van der Waals surface area contributed by atoms with Crippen LogP contribution in [0.25, 0.3) is 0 Å². The molecule has 0 spiro atoms. The quantitative estimate of drug-likeness (QED) is 0.804. The molecule has 2 aromatic rings. The van der Waals surface area contributed by atoms with Gasteiger partial charge in [-0.05, 0) is 38.4 Å². The van der Waals surface area contributed by atoms with E-state index in [2.05, 4.69) is 20.6 Å². The Morgan fingerprint density at radius 2 is 1.75 bits per heavy atom. The highest BCUT2D eigenvalue weighted by Gasteiger charge is 2.07. The lowest BCUT2D eigenvalue weighted by Gasteiger charge is -2.13. The van der Waals surface area contributed by atoms with Crippen molar-refractivity contribution in [3.05, 3.63) is 42.4 Å². The minimum Gasteiger partial charge on any atom is -0.378 e. The first-order valence-electron chi connectivity index (χ1n) is 7.75. The number of nitrogens with zero attached hydrogens (tertiary/aromatic N) is 4. The van der Waals surface area contributed by atoms with Gasteiger partial charge in [-0.3, -0.25) is 4.79 Å². The highest BCUT2D eigenvalue weighted by atomic mass is 16.1. The van der Waals surface area contributed by atoms with Crippen LogP contribution in [0.1, 0.15) is 10.5 Å². The van der Waals surface area contributed by atoms with Gasteiger partial charge in [0, 0.05) is 38.6 Å². The lowest BCUT2D eigenvalue weighted by atomic mass is 10.2. The number of hydrogen-bond acceptors (Lipinski definition) is 6. The summed E-state index contributed by atoms with van der Waals surface area (Å²) in [5.41, 5.74) is 2.34. The van der Waals surface area contributed by atoms with Crippen molar-refractivity contribution >= 4 is 23.1 Å². The summed E-state index contributed by atoms with van der Waals surface area (Å²) in [6.07, 6.45) is 3.03. The van der Waals surface area contributed by atoms with Crippen molar-refractivity contribution in [2.24, 2.45) is 0 Å². The Hall–Kier alpha value is -2.67. The van der Waals surface area contributed by atoms with E-state index in [0.717, 1.165) is 17.9 Å². The van der Waals surface area contributed by atoms with E-state index in [1.807, 2.05) is 62.3 Å². The molecule has 0 atom stereocenters. The van der Waals surface area contributed by atoms with E-state index in [4.69, 9.17) is 0 Å². The van der Waals surface area contributed by atoms with Gasteiger partial charge >= 0.3 is 0 Å². The molecule has 7 heteroatoms. The molecule has 0 fully saturated rings. The Kier molecular flexibility index (Phi) is 6.08. The van der Waals surface area contributed by atoms with Crippen LogP contribution in [0.5, 0.6) is 0 Å². The second kappa shape index (κ2) is 8.26. The third-order valence-electron chi connectivity index (χ3n) is 3.39. The maximum Gasteiger partial charge on any atom is 0.271 e. The highest BCUT2D eigenvalue weighted by Crippen LogP contribution is 2.18. The van der Waals surface area contributed by atoms with Gasteiger partial charge in [0.25, 0.3) is 5.91 Å². The van der Waals surface area contributed by atoms with E-state index in [1.165, 1.54) is 6.20 Å². The summed E-state index contributed by atoms with van der Waals surface area (Å²) in [5, 5.41) is 5.97. The van der Waals surface area contributed by atoms with Gasteiger partial charge in [0.1, 0.15) is 11.5 Å². The number of amides is 1. The van der Waals surface area contributed by atoms with Crippen LogP contribution in [0.3, 0.4) is 0 Å². The molecule has 0 saturated heterocycles. The Morgan fingerprint density at radius 1 is 1.04 bits per heavy atom. The minimum absolute atomic E-state index is 0.216. The van der Waals surface area contributed by atoms with Crippen LogP contribution in [-0.4, -0.2) is 62.1 Å². The lowest BCUT2D eigenvalue weighted by Crippen LogP contribution is -2.31. The number of anilines is 3. The fourth-order valence-corrected chi connectivity index (χ4v) is 1.98. The molecular formula is C17H24N6O. The Balaban J connectivity index is 1.92. The molecule has 0 aliphatic rings. The van der Waals surface area contributed by atoms with Crippen molar-refractivity contribution in [1.29, 1.82) is 0 Å². The highest BCUT2D eigenvalue weighted by molar-refractivity contribution is 5.92. The monoisotopic (exact) mass is 328 g/mol. The van der Waals surface area contributed by atoms with Gasteiger partial charge in [0.2, 0.25) is 0 Å². The van der Waals surface area contributed by atoms with Gasteiger partial charge < -0.3 is 20.4 Å². The third-order valence-corrected chi connectivity index (χ3v) is 3.39. The van der Waals surface area contributed by atoms with E-state index in [9.17, 15) is 4.79 Å². The lowest BCUT2D eigenvalue weighted by molar-refractivity contribution is 0.0945. The van der Waals surface area contributed by atoms with Gasteiger partial charge in [0.15, 0.2) is 0 Å². The maximum absolute atomic E-state index is 11.9. The zero-order valence-electron chi connectivity index (χ0n) is 14.6.